The fraction of sp³-hybridized carbons (Fsp3) is 1.00. The number of hydrogen-bond acceptors (Lipinski definition) is 1. The third-order valence-corrected chi connectivity index (χ3v) is 4.00. The minimum Gasteiger partial charge on any atom is -0.425 e. The van der Waals surface area contributed by atoms with Crippen molar-refractivity contribution in [3.8, 4) is 0 Å². The van der Waals surface area contributed by atoms with Crippen LogP contribution in [0.4, 0.5) is 0 Å². The minimum absolute atomic E-state index is 0.526. The van der Waals surface area contributed by atoms with Gasteiger partial charge in [0.15, 0.2) is 0 Å². The Labute approximate surface area is 93.2 Å². The molecule has 86 valence electrons. The quantitative estimate of drug-likeness (QED) is 0.567. The highest BCUT2D eigenvalue weighted by atomic mass is 28.2. The predicted octanol–water partition coefficient (Wildman–Crippen LogP) is 2.91. The molecule has 0 fully saturated rings. The second-order valence-corrected chi connectivity index (χ2v) is 4.85. The molecule has 3 unspecified atom stereocenters. The first-order valence-corrected chi connectivity index (χ1v) is 7.05. The zero-order valence-corrected chi connectivity index (χ0v) is 12.7. The van der Waals surface area contributed by atoms with E-state index in [0.29, 0.717) is 6.10 Å². The first-order valence-electron chi connectivity index (χ1n) is 6.23. The van der Waals surface area contributed by atoms with Crippen LogP contribution >= 0.6 is 0 Å². The van der Waals surface area contributed by atoms with E-state index < -0.39 is 0 Å². The maximum atomic E-state index is 5.69. The molecule has 0 aromatic rings. The van der Waals surface area contributed by atoms with Crippen LogP contribution in [-0.2, 0) is 4.43 Å². The van der Waals surface area contributed by atoms with Crippen molar-refractivity contribution in [1.82, 2.24) is 0 Å². The Kier molecular flexibility index (Phi) is 8.59. The molecule has 3 atom stereocenters. The van der Waals surface area contributed by atoms with Gasteiger partial charge in [-0.1, -0.05) is 53.4 Å². The minimum atomic E-state index is 0.526. The molecule has 2 heteroatoms. The van der Waals surface area contributed by atoms with Gasteiger partial charge in [0, 0.05) is 6.10 Å². The summed E-state index contributed by atoms with van der Waals surface area (Å²) < 4.78 is 5.69. The van der Waals surface area contributed by atoms with Crippen molar-refractivity contribution in [3.05, 3.63) is 0 Å². The Morgan fingerprint density at radius 1 is 1.14 bits per heavy atom. The van der Waals surface area contributed by atoms with Gasteiger partial charge in [0.2, 0.25) is 0 Å². The molecular weight excluding hydrogens is 188 g/mol. The maximum absolute atomic E-state index is 5.69. The summed E-state index contributed by atoms with van der Waals surface area (Å²) in [6, 6.07) is 0. The predicted molar refractivity (Wildman–Crippen MR) is 67.6 cm³/mol. The molecule has 0 spiro atoms. The smallest absolute Gasteiger partial charge is 0.146 e. The van der Waals surface area contributed by atoms with Crippen LogP contribution in [0.1, 0.15) is 59.8 Å². The molecule has 1 nitrogen and oxygen atoms in total. The van der Waals surface area contributed by atoms with Crippen molar-refractivity contribution in [1.29, 1.82) is 0 Å². The van der Waals surface area contributed by atoms with Gasteiger partial charge in [-0.15, -0.1) is 0 Å². The van der Waals surface area contributed by atoms with E-state index >= 15 is 0 Å². The lowest BCUT2D eigenvalue weighted by atomic mass is 9.83. The first kappa shape index (κ1) is 14.2. The molecule has 0 heterocycles. The lowest BCUT2D eigenvalue weighted by molar-refractivity contribution is 0.0983. The van der Waals surface area contributed by atoms with Crippen LogP contribution in [0.15, 0.2) is 0 Å². The van der Waals surface area contributed by atoms with E-state index in [-0.39, 0.29) is 0 Å². The summed E-state index contributed by atoms with van der Waals surface area (Å²) in [7, 11) is 0.885. The van der Waals surface area contributed by atoms with Crippen molar-refractivity contribution in [3.63, 3.8) is 0 Å². The SMILES string of the molecule is CCCCC(C)C(CC)C(CC)O[SiH3]. The maximum Gasteiger partial charge on any atom is 0.146 e. The van der Waals surface area contributed by atoms with Crippen molar-refractivity contribution < 1.29 is 4.43 Å². The number of hydrogen-bond donors (Lipinski definition) is 0. The fourth-order valence-corrected chi connectivity index (χ4v) is 3.10. The molecular formula is C12H28OSi. The summed E-state index contributed by atoms with van der Waals surface area (Å²) in [5.74, 6) is 1.61. The summed E-state index contributed by atoms with van der Waals surface area (Å²) >= 11 is 0. The Morgan fingerprint density at radius 3 is 2.14 bits per heavy atom. The number of rotatable bonds is 8. The molecule has 0 aliphatic carbocycles. The zero-order chi connectivity index (χ0) is 11.0. The van der Waals surface area contributed by atoms with Crippen molar-refractivity contribution in [2.75, 3.05) is 0 Å². The van der Waals surface area contributed by atoms with Gasteiger partial charge in [0.05, 0.1) is 0 Å². The van der Waals surface area contributed by atoms with E-state index in [0.717, 1.165) is 22.3 Å². The molecule has 0 aromatic carbocycles. The lowest BCUT2D eigenvalue weighted by Gasteiger charge is -2.30. The second-order valence-electron chi connectivity index (χ2n) is 4.37. The molecule has 0 aliphatic rings. The van der Waals surface area contributed by atoms with E-state index in [1.807, 2.05) is 0 Å². The molecule has 14 heavy (non-hydrogen) atoms. The molecule has 0 saturated heterocycles. The van der Waals surface area contributed by atoms with Crippen LogP contribution in [0.2, 0.25) is 0 Å². The van der Waals surface area contributed by atoms with Crippen molar-refractivity contribution in [2.24, 2.45) is 11.8 Å². The second kappa shape index (κ2) is 8.48. The standard InChI is InChI=1S/C12H28OSi/c1-5-8-9-10(4)11(6-2)12(7-3)13-14/h10-12H,5-9H2,1-4,14H3. The zero-order valence-electron chi connectivity index (χ0n) is 10.7. The lowest BCUT2D eigenvalue weighted by Crippen LogP contribution is -2.27. The highest BCUT2D eigenvalue weighted by Crippen LogP contribution is 2.27. The van der Waals surface area contributed by atoms with E-state index in [9.17, 15) is 0 Å². The third-order valence-electron chi connectivity index (χ3n) is 3.40. The van der Waals surface area contributed by atoms with Crippen molar-refractivity contribution >= 4 is 10.5 Å². The van der Waals surface area contributed by atoms with Crippen LogP contribution in [0.5, 0.6) is 0 Å². The summed E-state index contributed by atoms with van der Waals surface area (Å²) in [5.41, 5.74) is 0. The van der Waals surface area contributed by atoms with Gasteiger partial charge >= 0.3 is 0 Å². The van der Waals surface area contributed by atoms with E-state index in [2.05, 4.69) is 27.7 Å². The van der Waals surface area contributed by atoms with Crippen molar-refractivity contribution in [2.45, 2.75) is 65.9 Å². The highest BCUT2D eigenvalue weighted by Gasteiger charge is 2.22. The normalized spacial score (nSPS) is 18.0. The molecule has 0 aromatic heterocycles. The van der Waals surface area contributed by atoms with Gasteiger partial charge in [-0.3, -0.25) is 0 Å². The molecule has 0 saturated carbocycles. The van der Waals surface area contributed by atoms with Gasteiger partial charge in [0.25, 0.3) is 0 Å². The molecule has 0 radical (unpaired) electrons. The van der Waals surface area contributed by atoms with Gasteiger partial charge < -0.3 is 4.43 Å². The summed E-state index contributed by atoms with van der Waals surface area (Å²) in [6.07, 6.45) is 7.04. The fourth-order valence-electron chi connectivity index (χ4n) is 2.42. The molecule has 0 N–H and O–H groups in total. The van der Waals surface area contributed by atoms with Crippen LogP contribution in [-0.4, -0.2) is 16.6 Å². The summed E-state index contributed by atoms with van der Waals surface area (Å²) in [4.78, 5) is 0. The topological polar surface area (TPSA) is 9.23 Å². The van der Waals surface area contributed by atoms with E-state index in [4.69, 9.17) is 4.43 Å². The largest absolute Gasteiger partial charge is 0.425 e. The Hall–Kier alpha value is 0.177. The average molecular weight is 216 g/mol. The molecule has 0 amide bonds. The Bertz CT molecular complexity index is 123. The van der Waals surface area contributed by atoms with Gasteiger partial charge in [-0.25, -0.2) is 0 Å². The van der Waals surface area contributed by atoms with Crippen LogP contribution in [0.25, 0.3) is 0 Å². The monoisotopic (exact) mass is 216 g/mol. The molecule has 0 aliphatic heterocycles. The van der Waals surface area contributed by atoms with E-state index in [1.165, 1.54) is 32.1 Å². The molecule has 0 bridgehead atoms. The van der Waals surface area contributed by atoms with Gasteiger partial charge in [-0.05, 0) is 18.3 Å². The van der Waals surface area contributed by atoms with Gasteiger partial charge in [0.1, 0.15) is 10.5 Å². The Balaban J connectivity index is 4.07. The van der Waals surface area contributed by atoms with Crippen LogP contribution in [0, 0.1) is 11.8 Å². The number of unbranched alkanes of at least 4 members (excludes halogenated alkanes) is 1. The van der Waals surface area contributed by atoms with E-state index in [1.54, 1.807) is 0 Å². The van der Waals surface area contributed by atoms with Crippen LogP contribution < -0.4 is 0 Å². The first-order chi connectivity index (χ1) is 6.71. The van der Waals surface area contributed by atoms with Gasteiger partial charge in [-0.2, -0.15) is 0 Å². The Morgan fingerprint density at radius 2 is 1.79 bits per heavy atom. The van der Waals surface area contributed by atoms with Crippen LogP contribution in [0.3, 0.4) is 0 Å². The summed E-state index contributed by atoms with van der Waals surface area (Å²) in [6.45, 7) is 9.22. The third kappa shape index (κ3) is 4.60. The molecule has 0 rings (SSSR count). The average Bonchev–Trinajstić information content (AvgIpc) is 2.22. The highest BCUT2D eigenvalue weighted by molar-refractivity contribution is 5.98. The summed E-state index contributed by atoms with van der Waals surface area (Å²) in [5, 5.41) is 0.